The van der Waals surface area contributed by atoms with Gasteiger partial charge in [0.15, 0.2) is 0 Å². The molecule has 2 aromatic rings. The molecule has 140 valence electrons. The van der Waals surface area contributed by atoms with Crippen LogP contribution in [-0.2, 0) is 10.0 Å². The molecule has 0 atom stereocenters. The van der Waals surface area contributed by atoms with Crippen molar-refractivity contribution in [2.45, 2.75) is 9.79 Å². The standard InChI is InChI=1S/C17H18ClFN2O3S2/c1-21(2)26(23,24)14-7-8-16(19)15(11-14)17(22)20-9-10-25-13-5-3-12(18)4-6-13/h3-8,11H,9-10H2,1-2H3,(H,20,22). The monoisotopic (exact) mass is 416 g/mol. The lowest BCUT2D eigenvalue weighted by molar-refractivity contribution is 0.0952. The van der Waals surface area contributed by atoms with Crippen molar-refractivity contribution in [1.29, 1.82) is 0 Å². The summed E-state index contributed by atoms with van der Waals surface area (Å²) in [7, 11) is -1.01. The van der Waals surface area contributed by atoms with Crippen LogP contribution in [0.15, 0.2) is 52.3 Å². The molecule has 5 nitrogen and oxygen atoms in total. The Balaban J connectivity index is 1.99. The summed E-state index contributed by atoms with van der Waals surface area (Å²) >= 11 is 7.33. The topological polar surface area (TPSA) is 66.5 Å². The zero-order chi connectivity index (χ0) is 19.3. The third kappa shape index (κ3) is 5.20. The van der Waals surface area contributed by atoms with E-state index in [1.807, 2.05) is 12.1 Å². The van der Waals surface area contributed by atoms with Crippen molar-refractivity contribution in [3.8, 4) is 0 Å². The second kappa shape index (κ2) is 8.85. The van der Waals surface area contributed by atoms with Crippen LogP contribution >= 0.6 is 23.4 Å². The van der Waals surface area contributed by atoms with Crippen molar-refractivity contribution >= 4 is 39.3 Å². The first kappa shape index (κ1) is 20.7. The highest BCUT2D eigenvalue weighted by atomic mass is 35.5. The summed E-state index contributed by atoms with van der Waals surface area (Å²) < 4.78 is 39.2. The lowest BCUT2D eigenvalue weighted by Gasteiger charge is -2.13. The zero-order valence-corrected chi connectivity index (χ0v) is 16.6. The van der Waals surface area contributed by atoms with Crippen molar-refractivity contribution in [3.63, 3.8) is 0 Å². The molecule has 0 aromatic heterocycles. The molecule has 0 fully saturated rings. The van der Waals surface area contributed by atoms with Gasteiger partial charge in [-0.15, -0.1) is 11.8 Å². The largest absolute Gasteiger partial charge is 0.351 e. The van der Waals surface area contributed by atoms with Crippen molar-refractivity contribution in [1.82, 2.24) is 9.62 Å². The van der Waals surface area contributed by atoms with Crippen LogP contribution in [0.4, 0.5) is 4.39 Å². The number of sulfonamides is 1. The van der Waals surface area contributed by atoms with Gasteiger partial charge in [0, 0.05) is 36.3 Å². The number of amides is 1. The first-order valence-corrected chi connectivity index (χ1v) is 10.4. The van der Waals surface area contributed by atoms with E-state index in [0.29, 0.717) is 17.3 Å². The molecule has 0 bridgehead atoms. The molecule has 1 N–H and O–H groups in total. The molecule has 0 unspecified atom stereocenters. The van der Waals surface area contributed by atoms with Gasteiger partial charge in [-0.3, -0.25) is 4.79 Å². The zero-order valence-electron chi connectivity index (χ0n) is 14.2. The summed E-state index contributed by atoms with van der Waals surface area (Å²) in [6.45, 7) is 0.302. The van der Waals surface area contributed by atoms with Crippen LogP contribution in [0.2, 0.25) is 5.02 Å². The van der Waals surface area contributed by atoms with Crippen molar-refractivity contribution in [2.75, 3.05) is 26.4 Å². The molecule has 0 heterocycles. The lowest BCUT2D eigenvalue weighted by Crippen LogP contribution is -2.27. The highest BCUT2D eigenvalue weighted by Crippen LogP contribution is 2.20. The molecule has 2 aromatic carbocycles. The molecule has 0 aliphatic rings. The van der Waals surface area contributed by atoms with E-state index in [-0.39, 0.29) is 10.5 Å². The van der Waals surface area contributed by atoms with Gasteiger partial charge in [0.1, 0.15) is 5.82 Å². The molecule has 1 amide bonds. The third-order valence-corrected chi connectivity index (χ3v) is 6.51. The van der Waals surface area contributed by atoms with E-state index in [9.17, 15) is 17.6 Å². The van der Waals surface area contributed by atoms with E-state index in [0.717, 1.165) is 27.4 Å². The van der Waals surface area contributed by atoms with E-state index in [1.54, 1.807) is 12.1 Å². The average molecular weight is 417 g/mol. The molecule has 26 heavy (non-hydrogen) atoms. The summed E-state index contributed by atoms with van der Waals surface area (Å²) in [4.78, 5) is 13.0. The van der Waals surface area contributed by atoms with E-state index in [1.165, 1.54) is 25.9 Å². The fraction of sp³-hybridized carbons (Fsp3) is 0.235. The van der Waals surface area contributed by atoms with Crippen LogP contribution < -0.4 is 5.32 Å². The van der Waals surface area contributed by atoms with Crippen LogP contribution in [-0.4, -0.2) is 45.0 Å². The number of hydrogen-bond donors (Lipinski definition) is 1. The summed E-state index contributed by atoms with van der Waals surface area (Å²) in [5.41, 5.74) is -0.301. The number of nitrogens with one attached hydrogen (secondary N) is 1. The van der Waals surface area contributed by atoms with Crippen LogP contribution in [0.3, 0.4) is 0 Å². The predicted molar refractivity (Wildman–Crippen MR) is 102 cm³/mol. The average Bonchev–Trinajstić information content (AvgIpc) is 2.60. The Morgan fingerprint density at radius 1 is 1.19 bits per heavy atom. The minimum absolute atomic E-state index is 0.135. The Kier molecular flexibility index (Phi) is 7.05. The van der Waals surface area contributed by atoms with E-state index < -0.39 is 21.7 Å². The number of halogens is 2. The minimum Gasteiger partial charge on any atom is -0.351 e. The third-order valence-electron chi connectivity index (χ3n) is 3.43. The molecule has 2 rings (SSSR count). The van der Waals surface area contributed by atoms with Gasteiger partial charge >= 0.3 is 0 Å². The summed E-state index contributed by atoms with van der Waals surface area (Å²) in [6.07, 6.45) is 0. The van der Waals surface area contributed by atoms with Crippen molar-refractivity contribution in [3.05, 3.63) is 58.9 Å². The summed E-state index contributed by atoms with van der Waals surface area (Å²) in [6, 6.07) is 10.4. The molecule has 0 aliphatic heterocycles. The van der Waals surface area contributed by atoms with Gasteiger partial charge in [-0.25, -0.2) is 17.1 Å². The molecule has 0 aliphatic carbocycles. The second-order valence-corrected chi connectivity index (χ2v) is 9.24. The maximum atomic E-state index is 13.9. The Labute approximate surface area is 161 Å². The minimum atomic E-state index is -3.74. The number of nitrogens with zero attached hydrogens (tertiary/aromatic N) is 1. The normalized spacial score (nSPS) is 11.6. The predicted octanol–water partition coefficient (Wildman–Crippen LogP) is 3.25. The molecule has 9 heteroatoms. The number of benzene rings is 2. The Morgan fingerprint density at radius 2 is 1.85 bits per heavy atom. The molecular weight excluding hydrogens is 399 g/mol. The Hall–Kier alpha value is -1.61. The Bertz CT molecular complexity index is 887. The van der Waals surface area contributed by atoms with Crippen molar-refractivity contribution < 1.29 is 17.6 Å². The maximum Gasteiger partial charge on any atom is 0.254 e. The van der Waals surface area contributed by atoms with Crippen LogP contribution in [0.25, 0.3) is 0 Å². The van der Waals surface area contributed by atoms with Crippen LogP contribution in [0.5, 0.6) is 0 Å². The fourth-order valence-electron chi connectivity index (χ4n) is 2.01. The van der Waals surface area contributed by atoms with Gasteiger partial charge in [0.05, 0.1) is 10.5 Å². The number of rotatable bonds is 7. The molecule has 0 radical (unpaired) electrons. The van der Waals surface area contributed by atoms with Crippen LogP contribution in [0, 0.1) is 5.82 Å². The molecular formula is C17H18ClFN2O3S2. The van der Waals surface area contributed by atoms with Crippen molar-refractivity contribution in [2.24, 2.45) is 0 Å². The smallest absolute Gasteiger partial charge is 0.254 e. The SMILES string of the molecule is CN(C)S(=O)(=O)c1ccc(F)c(C(=O)NCCSc2ccc(Cl)cc2)c1. The first-order valence-electron chi connectivity index (χ1n) is 7.60. The maximum absolute atomic E-state index is 13.9. The van der Waals surface area contributed by atoms with Gasteiger partial charge in [-0.2, -0.15) is 0 Å². The van der Waals surface area contributed by atoms with Gasteiger partial charge in [-0.1, -0.05) is 11.6 Å². The van der Waals surface area contributed by atoms with E-state index >= 15 is 0 Å². The fourth-order valence-corrected chi connectivity index (χ4v) is 3.83. The summed E-state index contributed by atoms with van der Waals surface area (Å²) in [5, 5.41) is 3.24. The second-order valence-electron chi connectivity index (χ2n) is 5.49. The van der Waals surface area contributed by atoms with Gasteiger partial charge in [0.25, 0.3) is 5.91 Å². The summed E-state index contributed by atoms with van der Waals surface area (Å²) in [5.74, 6) is -0.856. The Morgan fingerprint density at radius 3 is 2.46 bits per heavy atom. The van der Waals surface area contributed by atoms with E-state index in [4.69, 9.17) is 11.6 Å². The number of thioether (sulfide) groups is 1. The van der Waals surface area contributed by atoms with Gasteiger partial charge in [0.2, 0.25) is 10.0 Å². The van der Waals surface area contributed by atoms with E-state index in [2.05, 4.69) is 5.32 Å². The first-order chi connectivity index (χ1) is 12.2. The highest BCUT2D eigenvalue weighted by molar-refractivity contribution is 7.99. The quantitative estimate of drug-likeness (QED) is 0.555. The molecule has 0 saturated heterocycles. The van der Waals surface area contributed by atoms with Gasteiger partial charge in [-0.05, 0) is 42.5 Å². The molecule has 0 saturated carbocycles. The number of carbonyl (C=O) groups is 1. The van der Waals surface area contributed by atoms with Crippen LogP contribution in [0.1, 0.15) is 10.4 Å². The number of carbonyl (C=O) groups excluding carboxylic acids is 1. The molecule has 0 spiro atoms. The van der Waals surface area contributed by atoms with Gasteiger partial charge < -0.3 is 5.32 Å². The lowest BCUT2D eigenvalue weighted by atomic mass is 10.2. The highest BCUT2D eigenvalue weighted by Gasteiger charge is 2.21. The number of hydrogen-bond acceptors (Lipinski definition) is 4.